The predicted molar refractivity (Wildman–Crippen MR) is 108 cm³/mol. The first-order valence-electron chi connectivity index (χ1n) is 9.29. The van der Waals surface area contributed by atoms with E-state index in [9.17, 15) is 0 Å². The zero-order valence-electron chi connectivity index (χ0n) is 15.5. The molecule has 0 aliphatic carbocycles. The molecule has 0 spiro atoms. The molecule has 0 fully saturated rings. The maximum Gasteiger partial charge on any atom is 0.167 e. The van der Waals surface area contributed by atoms with Crippen LogP contribution >= 0.6 is 11.6 Å². The summed E-state index contributed by atoms with van der Waals surface area (Å²) in [5, 5.41) is 4.92. The van der Waals surface area contributed by atoms with Crippen LogP contribution in [0.3, 0.4) is 0 Å². The van der Waals surface area contributed by atoms with Gasteiger partial charge in [0, 0.05) is 66.9 Å². The molecule has 0 N–H and O–H groups in total. The van der Waals surface area contributed by atoms with Crippen molar-refractivity contribution >= 4 is 11.6 Å². The first kappa shape index (κ1) is 17.9. The summed E-state index contributed by atoms with van der Waals surface area (Å²) in [5.41, 5.74) is 4.91. The average molecular weight is 405 g/mol. The molecular weight excluding hydrogens is 388 g/mol. The van der Waals surface area contributed by atoms with Crippen LogP contribution < -0.4 is 0 Å². The van der Waals surface area contributed by atoms with Gasteiger partial charge in [-0.15, -0.1) is 0 Å². The Morgan fingerprint density at radius 2 is 1.86 bits per heavy atom. The van der Waals surface area contributed by atoms with Gasteiger partial charge in [0.1, 0.15) is 6.33 Å². The summed E-state index contributed by atoms with van der Waals surface area (Å²) in [5.74, 6) is 1.41. The topological polar surface area (TPSA) is 80.8 Å². The number of fused-ring (bicyclic) bond motifs is 1. The molecule has 3 aromatic heterocycles. The molecule has 0 amide bonds. The third-order valence-corrected chi connectivity index (χ3v) is 5.16. The van der Waals surface area contributed by atoms with Gasteiger partial charge in [-0.25, -0.2) is 19.9 Å². The lowest BCUT2D eigenvalue weighted by molar-refractivity contribution is 0.235. The van der Waals surface area contributed by atoms with E-state index in [1.54, 1.807) is 12.4 Å². The van der Waals surface area contributed by atoms with Gasteiger partial charge in [-0.2, -0.15) is 0 Å². The lowest BCUT2D eigenvalue weighted by atomic mass is 10.1. The Morgan fingerprint density at radius 3 is 2.69 bits per heavy atom. The molecule has 5 rings (SSSR count). The summed E-state index contributed by atoms with van der Waals surface area (Å²) < 4.78 is 5.51. The Morgan fingerprint density at radius 1 is 1.03 bits per heavy atom. The minimum absolute atomic E-state index is 0.668. The third-order valence-electron chi connectivity index (χ3n) is 4.91. The molecule has 144 valence electrons. The second-order valence-electron chi connectivity index (χ2n) is 6.94. The highest BCUT2D eigenvalue weighted by atomic mass is 35.5. The van der Waals surface area contributed by atoms with Gasteiger partial charge in [-0.05, 0) is 24.3 Å². The molecular formula is C21H17ClN6O. The van der Waals surface area contributed by atoms with Gasteiger partial charge < -0.3 is 4.52 Å². The number of aromatic nitrogens is 5. The van der Waals surface area contributed by atoms with Crippen LogP contribution in [0.5, 0.6) is 0 Å². The lowest BCUT2D eigenvalue weighted by Gasteiger charge is -2.27. The normalized spacial score (nSPS) is 14.0. The minimum Gasteiger partial charge on any atom is -0.356 e. The molecule has 4 heterocycles. The SMILES string of the molecule is Clc1ccc(-c2cc(CN3CCc4nc(-c5cncnc5)ncc4C3)no2)cc1. The Kier molecular flexibility index (Phi) is 4.75. The molecule has 0 atom stereocenters. The number of hydrogen-bond donors (Lipinski definition) is 0. The Hall–Kier alpha value is -3.16. The smallest absolute Gasteiger partial charge is 0.167 e. The summed E-state index contributed by atoms with van der Waals surface area (Å²) in [6.07, 6.45) is 7.72. The van der Waals surface area contributed by atoms with Crippen molar-refractivity contribution in [1.29, 1.82) is 0 Å². The number of halogens is 1. The number of benzene rings is 1. The first-order valence-corrected chi connectivity index (χ1v) is 9.66. The Bertz CT molecular complexity index is 1130. The summed E-state index contributed by atoms with van der Waals surface area (Å²) in [6.45, 7) is 2.40. The quantitative estimate of drug-likeness (QED) is 0.511. The van der Waals surface area contributed by atoms with E-state index < -0.39 is 0 Å². The summed E-state index contributed by atoms with van der Waals surface area (Å²) in [6, 6.07) is 9.52. The molecule has 0 radical (unpaired) electrons. The first-order chi connectivity index (χ1) is 14.2. The highest BCUT2D eigenvalue weighted by Crippen LogP contribution is 2.25. The molecule has 1 aromatic carbocycles. The highest BCUT2D eigenvalue weighted by molar-refractivity contribution is 6.30. The molecule has 4 aromatic rings. The Labute approximate surface area is 172 Å². The van der Waals surface area contributed by atoms with E-state index in [4.69, 9.17) is 21.1 Å². The van der Waals surface area contributed by atoms with Gasteiger partial charge in [0.05, 0.1) is 17.0 Å². The van der Waals surface area contributed by atoms with Crippen LogP contribution in [0.15, 0.2) is 59.8 Å². The predicted octanol–water partition coefficient (Wildman–Crippen LogP) is 3.80. The molecule has 0 unspecified atom stereocenters. The summed E-state index contributed by atoms with van der Waals surface area (Å²) in [4.78, 5) is 19.6. The van der Waals surface area contributed by atoms with Crippen LogP contribution in [0.4, 0.5) is 0 Å². The van der Waals surface area contributed by atoms with E-state index in [0.717, 1.165) is 53.3 Å². The van der Waals surface area contributed by atoms with Crippen molar-refractivity contribution in [1.82, 2.24) is 30.0 Å². The van der Waals surface area contributed by atoms with Crippen molar-refractivity contribution in [2.24, 2.45) is 0 Å². The summed E-state index contributed by atoms with van der Waals surface area (Å²) >= 11 is 5.95. The van der Waals surface area contributed by atoms with Crippen LogP contribution in [0, 0.1) is 0 Å². The van der Waals surface area contributed by atoms with Crippen LogP contribution in [0.1, 0.15) is 17.0 Å². The monoisotopic (exact) mass is 404 g/mol. The molecule has 0 saturated heterocycles. The zero-order chi connectivity index (χ0) is 19.6. The maximum atomic E-state index is 5.95. The molecule has 1 aliphatic rings. The van der Waals surface area contributed by atoms with E-state index in [1.807, 2.05) is 36.5 Å². The van der Waals surface area contributed by atoms with Crippen LogP contribution in [0.25, 0.3) is 22.7 Å². The van der Waals surface area contributed by atoms with E-state index in [1.165, 1.54) is 6.33 Å². The average Bonchev–Trinajstić information content (AvgIpc) is 3.23. The molecule has 0 saturated carbocycles. The number of rotatable bonds is 4. The second-order valence-corrected chi connectivity index (χ2v) is 7.38. The van der Waals surface area contributed by atoms with Crippen molar-refractivity contribution in [2.75, 3.05) is 6.54 Å². The van der Waals surface area contributed by atoms with E-state index in [2.05, 4.69) is 25.0 Å². The highest BCUT2D eigenvalue weighted by Gasteiger charge is 2.20. The van der Waals surface area contributed by atoms with Crippen LogP contribution in [-0.2, 0) is 19.5 Å². The van der Waals surface area contributed by atoms with Gasteiger partial charge >= 0.3 is 0 Å². The fourth-order valence-corrected chi connectivity index (χ4v) is 3.55. The van der Waals surface area contributed by atoms with E-state index in [0.29, 0.717) is 17.4 Å². The van der Waals surface area contributed by atoms with Gasteiger partial charge in [0.15, 0.2) is 11.6 Å². The molecule has 7 nitrogen and oxygen atoms in total. The van der Waals surface area contributed by atoms with E-state index in [-0.39, 0.29) is 0 Å². The molecule has 0 bridgehead atoms. The van der Waals surface area contributed by atoms with Crippen molar-refractivity contribution < 1.29 is 4.52 Å². The maximum absolute atomic E-state index is 5.95. The van der Waals surface area contributed by atoms with Gasteiger partial charge in [0.25, 0.3) is 0 Å². The van der Waals surface area contributed by atoms with Crippen molar-refractivity contribution in [3.63, 3.8) is 0 Å². The number of hydrogen-bond acceptors (Lipinski definition) is 7. The molecule has 1 aliphatic heterocycles. The van der Waals surface area contributed by atoms with Gasteiger partial charge in [-0.1, -0.05) is 16.8 Å². The second kappa shape index (κ2) is 7.69. The zero-order valence-corrected chi connectivity index (χ0v) is 16.3. The van der Waals surface area contributed by atoms with Gasteiger partial charge in [-0.3, -0.25) is 4.90 Å². The van der Waals surface area contributed by atoms with Crippen molar-refractivity contribution in [2.45, 2.75) is 19.5 Å². The van der Waals surface area contributed by atoms with Crippen molar-refractivity contribution in [3.8, 4) is 22.7 Å². The number of nitrogens with zero attached hydrogens (tertiary/aromatic N) is 6. The Balaban J connectivity index is 1.29. The molecule has 8 heteroatoms. The lowest BCUT2D eigenvalue weighted by Crippen LogP contribution is -2.31. The fourth-order valence-electron chi connectivity index (χ4n) is 3.43. The van der Waals surface area contributed by atoms with Crippen molar-refractivity contribution in [3.05, 3.63) is 77.2 Å². The largest absolute Gasteiger partial charge is 0.356 e. The minimum atomic E-state index is 0.668. The third kappa shape index (κ3) is 3.87. The van der Waals surface area contributed by atoms with Crippen LogP contribution in [-0.4, -0.2) is 36.5 Å². The van der Waals surface area contributed by atoms with E-state index >= 15 is 0 Å². The van der Waals surface area contributed by atoms with Gasteiger partial charge in [0.2, 0.25) is 0 Å². The van der Waals surface area contributed by atoms with Crippen LogP contribution in [0.2, 0.25) is 5.02 Å². The standard InChI is InChI=1S/C21H17ClN6O/c22-17-3-1-14(2-4-17)20-7-18(27-29-20)12-28-6-5-19-16(11-28)10-25-21(26-19)15-8-23-13-24-9-15/h1-4,7-10,13H,5-6,11-12H2. The fraction of sp³-hybridized carbons (Fsp3) is 0.190. The molecule has 29 heavy (non-hydrogen) atoms. The summed E-state index contributed by atoms with van der Waals surface area (Å²) in [7, 11) is 0.